The minimum absolute atomic E-state index is 0.0245. The van der Waals surface area contributed by atoms with Gasteiger partial charge in [-0.25, -0.2) is 0 Å². The average molecular weight is 431 g/mol. The van der Waals surface area contributed by atoms with Gasteiger partial charge in [0.1, 0.15) is 18.1 Å². The van der Waals surface area contributed by atoms with Gasteiger partial charge in [0.25, 0.3) is 5.91 Å². The lowest BCUT2D eigenvalue weighted by atomic mass is 10.0. The summed E-state index contributed by atoms with van der Waals surface area (Å²) < 4.78 is 11.2. The molecule has 1 heterocycles. The molecule has 3 aromatic rings. The third-order valence-electron chi connectivity index (χ3n) is 5.86. The van der Waals surface area contributed by atoms with Gasteiger partial charge in [-0.1, -0.05) is 48.5 Å². The number of hydrogen-bond donors (Lipinski definition) is 1. The first-order valence-electron chi connectivity index (χ1n) is 11.1. The highest BCUT2D eigenvalue weighted by Gasteiger charge is 2.22. The van der Waals surface area contributed by atoms with Crippen molar-refractivity contribution in [2.45, 2.75) is 32.0 Å². The third-order valence-corrected chi connectivity index (χ3v) is 5.86. The Kier molecular flexibility index (Phi) is 7.41. The summed E-state index contributed by atoms with van der Waals surface area (Å²) in [6.45, 7) is 3.19. The fourth-order valence-corrected chi connectivity index (χ4v) is 4.07. The molecule has 5 nitrogen and oxygen atoms in total. The van der Waals surface area contributed by atoms with E-state index in [4.69, 9.17) is 9.47 Å². The Balaban J connectivity index is 1.29. The van der Waals surface area contributed by atoms with E-state index < -0.39 is 0 Å². The molecule has 0 unspecified atom stereocenters. The molecular formula is C27H30N2O3. The Labute approximate surface area is 190 Å². The van der Waals surface area contributed by atoms with Gasteiger partial charge in [-0.15, -0.1) is 0 Å². The highest BCUT2D eigenvalue weighted by atomic mass is 16.5. The molecule has 32 heavy (non-hydrogen) atoms. The molecule has 1 aliphatic heterocycles. The summed E-state index contributed by atoms with van der Waals surface area (Å²) in [6.07, 6.45) is 1.89. The highest BCUT2D eigenvalue weighted by Crippen LogP contribution is 2.19. The number of ether oxygens (including phenoxy) is 2. The second-order valence-electron chi connectivity index (χ2n) is 8.13. The van der Waals surface area contributed by atoms with Gasteiger partial charge in [-0.3, -0.25) is 9.69 Å². The molecule has 4 rings (SSSR count). The number of nitrogens with zero attached hydrogens (tertiary/aromatic N) is 1. The molecule has 166 valence electrons. The van der Waals surface area contributed by atoms with E-state index in [2.05, 4.69) is 22.3 Å². The number of piperidine rings is 1. The molecule has 0 spiro atoms. The van der Waals surface area contributed by atoms with Gasteiger partial charge >= 0.3 is 0 Å². The first-order valence-corrected chi connectivity index (χ1v) is 11.1. The zero-order chi connectivity index (χ0) is 22.2. The molecule has 0 saturated carbocycles. The largest absolute Gasteiger partial charge is 0.497 e. The van der Waals surface area contributed by atoms with Crippen molar-refractivity contribution in [3.8, 4) is 11.5 Å². The van der Waals surface area contributed by atoms with Crippen LogP contribution in [-0.4, -0.2) is 37.0 Å². The number of carbonyl (C=O) groups is 1. The van der Waals surface area contributed by atoms with Crippen molar-refractivity contribution in [3.63, 3.8) is 0 Å². The zero-order valence-electron chi connectivity index (χ0n) is 18.5. The van der Waals surface area contributed by atoms with Crippen LogP contribution in [0, 0.1) is 0 Å². The van der Waals surface area contributed by atoms with Crippen molar-refractivity contribution in [2.75, 3.05) is 20.2 Å². The standard InChI is InChI=1S/C27H30N2O3/c1-31-25-12-7-8-21(18-25)19-29-16-14-23(15-17-29)28-27(30)26-13-6-5-9-22(26)20-32-24-10-3-2-4-11-24/h2-13,18,23H,14-17,19-20H2,1H3,(H,28,30). The summed E-state index contributed by atoms with van der Waals surface area (Å²) in [7, 11) is 1.69. The van der Waals surface area contributed by atoms with Crippen LogP contribution in [0.15, 0.2) is 78.9 Å². The number of nitrogens with one attached hydrogen (secondary N) is 1. The van der Waals surface area contributed by atoms with E-state index in [0.717, 1.165) is 49.5 Å². The van der Waals surface area contributed by atoms with Gasteiger partial charge in [0.2, 0.25) is 0 Å². The topological polar surface area (TPSA) is 50.8 Å². The molecule has 1 fully saturated rings. The SMILES string of the molecule is COc1cccc(CN2CCC(NC(=O)c3ccccc3COc3ccccc3)CC2)c1. The molecular weight excluding hydrogens is 400 g/mol. The normalized spacial score (nSPS) is 14.7. The second kappa shape index (κ2) is 10.8. The number of rotatable bonds is 8. The van der Waals surface area contributed by atoms with Gasteiger partial charge < -0.3 is 14.8 Å². The minimum Gasteiger partial charge on any atom is -0.497 e. The number of hydrogen-bond acceptors (Lipinski definition) is 4. The van der Waals surface area contributed by atoms with Gasteiger partial charge in [0.15, 0.2) is 0 Å². The average Bonchev–Trinajstić information content (AvgIpc) is 2.85. The van der Waals surface area contributed by atoms with Gasteiger partial charge in [0, 0.05) is 36.8 Å². The number of amides is 1. The van der Waals surface area contributed by atoms with Crippen LogP contribution in [0.25, 0.3) is 0 Å². The maximum absolute atomic E-state index is 13.0. The molecule has 0 aliphatic carbocycles. The van der Waals surface area contributed by atoms with Crippen LogP contribution in [0.3, 0.4) is 0 Å². The highest BCUT2D eigenvalue weighted by molar-refractivity contribution is 5.95. The molecule has 5 heteroatoms. The van der Waals surface area contributed by atoms with Crippen LogP contribution in [0.4, 0.5) is 0 Å². The number of para-hydroxylation sites is 1. The maximum atomic E-state index is 13.0. The van der Waals surface area contributed by atoms with E-state index in [1.165, 1.54) is 5.56 Å². The molecule has 1 saturated heterocycles. The third kappa shape index (κ3) is 5.89. The van der Waals surface area contributed by atoms with Crippen molar-refractivity contribution in [1.82, 2.24) is 10.2 Å². The molecule has 0 radical (unpaired) electrons. The monoisotopic (exact) mass is 430 g/mol. The van der Waals surface area contributed by atoms with Crippen LogP contribution in [0.5, 0.6) is 11.5 Å². The maximum Gasteiger partial charge on any atom is 0.251 e. The van der Waals surface area contributed by atoms with Crippen LogP contribution in [-0.2, 0) is 13.2 Å². The van der Waals surface area contributed by atoms with E-state index in [-0.39, 0.29) is 11.9 Å². The van der Waals surface area contributed by atoms with Crippen molar-refractivity contribution in [1.29, 1.82) is 0 Å². The molecule has 0 atom stereocenters. The first-order chi connectivity index (χ1) is 15.7. The minimum atomic E-state index is -0.0245. The van der Waals surface area contributed by atoms with Crippen LogP contribution < -0.4 is 14.8 Å². The lowest BCUT2D eigenvalue weighted by Crippen LogP contribution is -2.44. The van der Waals surface area contributed by atoms with E-state index in [1.807, 2.05) is 66.7 Å². The van der Waals surface area contributed by atoms with Crippen molar-refractivity contribution in [2.24, 2.45) is 0 Å². The molecule has 0 aromatic heterocycles. The van der Waals surface area contributed by atoms with Crippen molar-refractivity contribution < 1.29 is 14.3 Å². The Morgan fingerprint density at radius 2 is 1.66 bits per heavy atom. The quantitative estimate of drug-likeness (QED) is 0.564. The zero-order valence-corrected chi connectivity index (χ0v) is 18.5. The van der Waals surface area contributed by atoms with Crippen molar-refractivity contribution >= 4 is 5.91 Å². The Hall–Kier alpha value is -3.31. The van der Waals surface area contributed by atoms with E-state index in [1.54, 1.807) is 7.11 Å². The Morgan fingerprint density at radius 1 is 0.938 bits per heavy atom. The predicted octanol–water partition coefficient (Wildman–Crippen LogP) is 4.67. The number of carbonyl (C=O) groups excluding carboxylic acids is 1. The van der Waals surface area contributed by atoms with Crippen molar-refractivity contribution in [3.05, 3.63) is 95.6 Å². The lowest BCUT2D eigenvalue weighted by molar-refractivity contribution is 0.0906. The van der Waals surface area contributed by atoms with Gasteiger partial charge in [-0.05, 0) is 48.7 Å². The first kappa shape index (κ1) is 21.9. The summed E-state index contributed by atoms with van der Waals surface area (Å²) in [5, 5.41) is 3.24. The Bertz CT molecular complexity index is 1010. The van der Waals surface area contributed by atoms with Crippen LogP contribution >= 0.6 is 0 Å². The predicted molar refractivity (Wildman–Crippen MR) is 126 cm³/mol. The van der Waals surface area contributed by atoms with Crippen LogP contribution in [0.2, 0.25) is 0 Å². The summed E-state index contributed by atoms with van der Waals surface area (Å²) >= 11 is 0. The smallest absolute Gasteiger partial charge is 0.251 e. The van der Waals surface area contributed by atoms with E-state index in [9.17, 15) is 4.79 Å². The summed E-state index contributed by atoms with van der Waals surface area (Å²) in [5.41, 5.74) is 2.82. The molecule has 3 aromatic carbocycles. The second-order valence-corrected chi connectivity index (χ2v) is 8.13. The van der Waals surface area contributed by atoms with E-state index >= 15 is 0 Å². The number of methoxy groups -OCH3 is 1. The van der Waals surface area contributed by atoms with Gasteiger partial charge in [0.05, 0.1) is 7.11 Å². The van der Waals surface area contributed by atoms with E-state index in [0.29, 0.717) is 12.2 Å². The summed E-state index contributed by atoms with van der Waals surface area (Å²) in [6, 6.07) is 25.7. The Morgan fingerprint density at radius 3 is 2.44 bits per heavy atom. The van der Waals surface area contributed by atoms with Crippen LogP contribution in [0.1, 0.15) is 34.3 Å². The summed E-state index contributed by atoms with van der Waals surface area (Å²) in [5.74, 6) is 1.66. The molecule has 1 amide bonds. The number of benzene rings is 3. The number of likely N-dealkylation sites (tertiary alicyclic amines) is 1. The summed E-state index contributed by atoms with van der Waals surface area (Å²) in [4.78, 5) is 15.4. The molecule has 0 bridgehead atoms. The molecule has 1 N–H and O–H groups in total. The molecule has 1 aliphatic rings. The van der Waals surface area contributed by atoms with Gasteiger partial charge in [-0.2, -0.15) is 0 Å². The fourth-order valence-electron chi connectivity index (χ4n) is 4.07. The lowest BCUT2D eigenvalue weighted by Gasteiger charge is -2.32. The fraction of sp³-hybridized carbons (Fsp3) is 0.296.